The Bertz CT molecular complexity index is 228. The molecule has 5 atom stereocenters. The second kappa shape index (κ2) is 3.72. The molecule has 0 aromatic carbocycles. The van der Waals surface area contributed by atoms with Crippen LogP contribution in [0.2, 0.25) is 0 Å². The van der Waals surface area contributed by atoms with Gasteiger partial charge in [0.15, 0.2) is 0 Å². The molecule has 2 saturated carbocycles. The first kappa shape index (κ1) is 10.3. The Morgan fingerprint density at radius 1 is 1.00 bits per heavy atom. The Hall–Kier alpha value is -0.260. The van der Waals surface area contributed by atoms with Crippen LogP contribution in [0.5, 0.6) is 0 Å². The average Bonchev–Trinajstić information content (AvgIpc) is 2.50. The molecule has 0 radical (unpaired) electrons. The van der Waals surface area contributed by atoms with E-state index in [0.717, 1.165) is 29.6 Å². The first-order chi connectivity index (χ1) is 6.61. The molecule has 0 aromatic rings. The van der Waals surface area contributed by atoms with Crippen molar-refractivity contribution in [1.82, 2.24) is 0 Å². The van der Waals surface area contributed by atoms with Crippen LogP contribution >= 0.6 is 0 Å². The molecule has 2 rings (SSSR count). The molecule has 14 heavy (non-hydrogen) atoms. The number of hydrogen-bond donors (Lipinski definition) is 0. The summed E-state index contributed by atoms with van der Waals surface area (Å²) < 4.78 is 0. The number of rotatable bonds is 1. The van der Waals surface area contributed by atoms with Gasteiger partial charge >= 0.3 is 0 Å². The van der Waals surface area contributed by atoms with E-state index in [2.05, 4.69) is 27.4 Å². The minimum absolute atomic E-state index is 0.841. The van der Waals surface area contributed by atoms with Gasteiger partial charge in [-0.2, -0.15) is 0 Å². The van der Waals surface area contributed by atoms with Crippen LogP contribution in [0.4, 0.5) is 0 Å². The molecule has 0 spiro atoms. The molecule has 0 amide bonds. The molecular formula is C14H24. The van der Waals surface area contributed by atoms with Crippen molar-refractivity contribution in [2.45, 2.75) is 46.5 Å². The highest BCUT2D eigenvalue weighted by Crippen LogP contribution is 2.52. The molecule has 0 aliphatic heterocycles. The van der Waals surface area contributed by atoms with Crippen LogP contribution in [0.15, 0.2) is 12.2 Å². The molecule has 0 heteroatoms. The molecule has 0 bridgehead atoms. The summed E-state index contributed by atoms with van der Waals surface area (Å²) in [5.41, 5.74) is 1.45. The molecular weight excluding hydrogens is 168 g/mol. The maximum absolute atomic E-state index is 4.20. The first-order valence-corrected chi connectivity index (χ1v) is 6.26. The standard InChI is InChI=1S/C14H24/c1-9(2)12-7-5-10(3)13-8-6-11(4)14(12)13/h10-14H,1,5-8H2,2-4H3. The second-order valence-corrected chi connectivity index (χ2v) is 5.80. The van der Waals surface area contributed by atoms with Gasteiger partial charge in [0, 0.05) is 0 Å². The minimum atomic E-state index is 0.841. The molecule has 2 aliphatic carbocycles. The van der Waals surface area contributed by atoms with Crippen LogP contribution in [0, 0.1) is 29.6 Å². The van der Waals surface area contributed by atoms with Gasteiger partial charge in [0.25, 0.3) is 0 Å². The van der Waals surface area contributed by atoms with Crippen LogP contribution < -0.4 is 0 Å². The summed E-state index contributed by atoms with van der Waals surface area (Å²) in [6.45, 7) is 11.4. The molecule has 2 aliphatic rings. The van der Waals surface area contributed by atoms with Gasteiger partial charge in [-0.05, 0) is 55.8 Å². The minimum Gasteiger partial charge on any atom is -0.0999 e. The fraction of sp³-hybridized carbons (Fsp3) is 0.857. The molecule has 0 heterocycles. The summed E-state index contributed by atoms with van der Waals surface area (Å²) in [5.74, 6) is 4.75. The predicted molar refractivity (Wildman–Crippen MR) is 62.1 cm³/mol. The predicted octanol–water partition coefficient (Wildman–Crippen LogP) is 4.27. The van der Waals surface area contributed by atoms with Crippen molar-refractivity contribution < 1.29 is 0 Å². The van der Waals surface area contributed by atoms with E-state index < -0.39 is 0 Å². The lowest BCUT2D eigenvalue weighted by molar-refractivity contribution is 0.122. The average molecular weight is 192 g/mol. The van der Waals surface area contributed by atoms with Crippen molar-refractivity contribution in [2.24, 2.45) is 29.6 Å². The Morgan fingerprint density at radius 3 is 2.29 bits per heavy atom. The third-order valence-electron chi connectivity index (χ3n) is 4.87. The van der Waals surface area contributed by atoms with Crippen molar-refractivity contribution in [3.63, 3.8) is 0 Å². The fourth-order valence-corrected chi connectivity index (χ4v) is 4.04. The largest absolute Gasteiger partial charge is 0.0999 e. The zero-order chi connectivity index (χ0) is 10.3. The summed E-state index contributed by atoms with van der Waals surface area (Å²) >= 11 is 0. The maximum Gasteiger partial charge on any atom is -0.0175 e. The van der Waals surface area contributed by atoms with E-state index in [1.807, 2.05) is 0 Å². The molecule has 0 N–H and O–H groups in total. The van der Waals surface area contributed by atoms with E-state index in [0.29, 0.717) is 0 Å². The zero-order valence-electron chi connectivity index (χ0n) is 9.92. The summed E-state index contributed by atoms with van der Waals surface area (Å²) in [5, 5.41) is 0. The summed E-state index contributed by atoms with van der Waals surface area (Å²) in [6, 6.07) is 0. The monoisotopic (exact) mass is 192 g/mol. The van der Waals surface area contributed by atoms with Crippen LogP contribution in [0.1, 0.15) is 46.5 Å². The van der Waals surface area contributed by atoms with Crippen LogP contribution in [-0.2, 0) is 0 Å². The molecule has 2 fully saturated rings. The van der Waals surface area contributed by atoms with Crippen LogP contribution in [0.25, 0.3) is 0 Å². The Labute approximate surface area is 88.8 Å². The van der Waals surface area contributed by atoms with E-state index in [4.69, 9.17) is 0 Å². The van der Waals surface area contributed by atoms with E-state index in [9.17, 15) is 0 Å². The van der Waals surface area contributed by atoms with Gasteiger partial charge in [-0.15, -0.1) is 0 Å². The van der Waals surface area contributed by atoms with Gasteiger partial charge in [0.05, 0.1) is 0 Å². The topological polar surface area (TPSA) is 0 Å². The molecule has 5 unspecified atom stereocenters. The molecule has 80 valence electrons. The Morgan fingerprint density at radius 2 is 1.64 bits per heavy atom. The number of allylic oxidation sites excluding steroid dienone is 1. The summed E-state index contributed by atoms with van der Waals surface area (Å²) in [6.07, 6.45) is 5.79. The van der Waals surface area contributed by atoms with Gasteiger partial charge in [-0.1, -0.05) is 32.4 Å². The lowest BCUT2D eigenvalue weighted by atomic mass is 9.65. The van der Waals surface area contributed by atoms with E-state index in [1.54, 1.807) is 0 Å². The zero-order valence-corrected chi connectivity index (χ0v) is 9.92. The highest BCUT2D eigenvalue weighted by molar-refractivity contribution is 5.06. The summed E-state index contributed by atoms with van der Waals surface area (Å²) in [4.78, 5) is 0. The van der Waals surface area contributed by atoms with Crippen molar-refractivity contribution in [2.75, 3.05) is 0 Å². The lowest BCUT2D eigenvalue weighted by Gasteiger charge is -2.40. The quantitative estimate of drug-likeness (QED) is 0.544. The van der Waals surface area contributed by atoms with Gasteiger partial charge in [-0.3, -0.25) is 0 Å². The molecule has 0 aromatic heterocycles. The second-order valence-electron chi connectivity index (χ2n) is 5.80. The molecule has 0 nitrogen and oxygen atoms in total. The SMILES string of the molecule is C=C(C)C1CCC(C)C2CCC(C)C12. The highest BCUT2D eigenvalue weighted by atomic mass is 14.5. The van der Waals surface area contributed by atoms with E-state index in [1.165, 1.54) is 31.3 Å². The maximum atomic E-state index is 4.20. The van der Waals surface area contributed by atoms with Crippen molar-refractivity contribution in [1.29, 1.82) is 0 Å². The van der Waals surface area contributed by atoms with Gasteiger partial charge < -0.3 is 0 Å². The van der Waals surface area contributed by atoms with Crippen molar-refractivity contribution >= 4 is 0 Å². The van der Waals surface area contributed by atoms with Crippen LogP contribution in [0.3, 0.4) is 0 Å². The number of fused-ring (bicyclic) bond motifs is 1. The Balaban J connectivity index is 2.19. The van der Waals surface area contributed by atoms with Crippen LogP contribution in [-0.4, -0.2) is 0 Å². The fourth-order valence-electron chi connectivity index (χ4n) is 4.04. The summed E-state index contributed by atoms with van der Waals surface area (Å²) in [7, 11) is 0. The first-order valence-electron chi connectivity index (χ1n) is 6.26. The van der Waals surface area contributed by atoms with Gasteiger partial charge in [0.1, 0.15) is 0 Å². The van der Waals surface area contributed by atoms with Gasteiger partial charge in [0.2, 0.25) is 0 Å². The van der Waals surface area contributed by atoms with Crippen molar-refractivity contribution in [3.05, 3.63) is 12.2 Å². The molecule has 0 saturated heterocycles. The third kappa shape index (κ3) is 1.53. The number of hydrogen-bond acceptors (Lipinski definition) is 0. The normalized spacial score (nSPS) is 47.5. The van der Waals surface area contributed by atoms with Crippen molar-refractivity contribution in [3.8, 4) is 0 Å². The van der Waals surface area contributed by atoms with Gasteiger partial charge in [-0.25, -0.2) is 0 Å². The third-order valence-corrected chi connectivity index (χ3v) is 4.87. The lowest BCUT2D eigenvalue weighted by Crippen LogP contribution is -2.33. The Kier molecular flexibility index (Phi) is 2.72. The van der Waals surface area contributed by atoms with E-state index in [-0.39, 0.29) is 0 Å². The highest BCUT2D eigenvalue weighted by Gasteiger charge is 2.43. The van der Waals surface area contributed by atoms with E-state index >= 15 is 0 Å². The smallest absolute Gasteiger partial charge is 0.0175 e.